The maximum atomic E-state index is 5.68. The van der Waals surface area contributed by atoms with Crippen LogP contribution in [0.1, 0.15) is 31.9 Å². The van der Waals surface area contributed by atoms with Gasteiger partial charge in [0.05, 0.1) is 5.54 Å². The van der Waals surface area contributed by atoms with Crippen molar-refractivity contribution in [1.82, 2.24) is 0 Å². The number of hydrogen-bond acceptors (Lipinski definition) is 2. The summed E-state index contributed by atoms with van der Waals surface area (Å²) in [5, 5.41) is 0. The third kappa shape index (κ3) is 1.63. The van der Waals surface area contributed by atoms with Crippen molar-refractivity contribution in [2.75, 3.05) is 11.9 Å². The summed E-state index contributed by atoms with van der Waals surface area (Å²) < 4.78 is 0. The van der Waals surface area contributed by atoms with Crippen LogP contribution in [0.25, 0.3) is 5.57 Å². The smallest absolute Gasteiger partial charge is 0.0531 e. The molecule has 0 amide bonds. The average Bonchev–Trinajstić information content (AvgIpc) is 2.25. The number of nitrogens with two attached hydrogens (primary N) is 1. The monoisotopic (exact) mass is 216 g/mol. The maximum absolute atomic E-state index is 5.68. The second-order valence-electron chi connectivity index (χ2n) is 5.10. The normalized spacial score (nSPS) is 18.1. The van der Waals surface area contributed by atoms with E-state index in [9.17, 15) is 0 Å². The molecule has 1 aromatic carbocycles. The van der Waals surface area contributed by atoms with E-state index in [1.54, 1.807) is 0 Å². The highest BCUT2D eigenvalue weighted by Crippen LogP contribution is 2.37. The first-order valence-corrected chi connectivity index (χ1v) is 5.72. The molecule has 16 heavy (non-hydrogen) atoms. The van der Waals surface area contributed by atoms with Gasteiger partial charge in [-0.2, -0.15) is 0 Å². The SMILES string of the molecule is CC1=CC(C)(C)N(C)c2ccc(CN)cc21. The van der Waals surface area contributed by atoms with E-state index in [1.807, 2.05) is 0 Å². The van der Waals surface area contributed by atoms with Crippen LogP contribution in [0.15, 0.2) is 24.3 Å². The van der Waals surface area contributed by atoms with E-state index in [1.165, 1.54) is 22.4 Å². The van der Waals surface area contributed by atoms with Gasteiger partial charge in [0.2, 0.25) is 0 Å². The molecule has 2 N–H and O–H groups in total. The van der Waals surface area contributed by atoms with E-state index in [0.717, 1.165) is 0 Å². The van der Waals surface area contributed by atoms with Crippen LogP contribution in [0.2, 0.25) is 0 Å². The molecule has 0 saturated heterocycles. The van der Waals surface area contributed by atoms with Gasteiger partial charge >= 0.3 is 0 Å². The van der Waals surface area contributed by atoms with Crippen molar-refractivity contribution in [2.24, 2.45) is 5.73 Å². The Kier molecular flexibility index (Phi) is 2.55. The summed E-state index contributed by atoms with van der Waals surface area (Å²) in [7, 11) is 2.14. The number of likely N-dealkylation sites (N-methyl/N-ethyl adjacent to an activating group) is 1. The number of anilines is 1. The molecule has 1 aliphatic heterocycles. The first-order valence-electron chi connectivity index (χ1n) is 5.72. The van der Waals surface area contributed by atoms with E-state index < -0.39 is 0 Å². The third-order valence-corrected chi connectivity index (χ3v) is 3.52. The minimum atomic E-state index is 0.0846. The van der Waals surface area contributed by atoms with E-state index in [4.69, 9.17) is 5.73 Å². The lowest BCUT2D eigenvalue weighted by Crippen LogP contribution is -2.42. The van der Waals surface area contributed by atoms with Gasteiger partial charge in [-0.1, -0.05) is 12.1 Å². The van der Waals surface area contributed by atoms with E-state index >= 15 is 0 Å². The van der Waals surface area contributed by atoms with Gasteiger partial charge in [-0.3, -0.25) is 0 Å². The van der Waals surface area contributed by atoms with Gasteiger partial charge in [0, 0.05) is 24.8 Å². The zero-order chi connectivity index (χ0) is 11.9. The van der Waals surface area contributed by atoms with Crippen LogP contribution in [-0.4, -0.2) is 12.6 Å². The Hall–Kier alpha value is -1.28. The Morgan fingerprint density at radius 3 is 2.62 bits per heavy atom. The zero-order valence-corrected chi connectivity index (χ0v) is 10.5. The van der Waals surface area contributed by atoms with Crippen molar-refractivity contribution in [3.8, 4) is 0 Å². The van der Waals surface area contributed by atoms with Crippen LogP contribution in [0, 0.1) is 0 Å². The first-order chi connectivity index (χ1) is 7.45. The Morgan fingerprint density at radius 1 is 1.31 bits per heavy atom. The fourth-order valence-electron chi connectivity index (χ4n) is 2.33. The lowest BCUT2D eigenvalue weighted by Gasteiger charge is -2.40. The highest BCUT2D eigenvalue weighted by atomic mass is 15.2. The highest BCUT2D eigenvalue weighted by Gasteiger charge is 2.28. The number of hydrogen-bond donors (Lipinski definition) is 1. The van der Waals surface area contributed by atoms with Crippen molar-refractivity contribution < 1.29 is 0 Å². The number of nitrogens with zero attached hydrogens (tertiary/aromatic N) is 1. The highest BCUT2D eigenvalue weighted by molar-refractivity contribution is 5.81. The fourth-order valence-corrected chi connectivity index (χ4v) is 2.33. The first kappa shape index (κ1) is 11.2. The quantitative estimate of drug-likeness (QED) is 0.782. The standard InChI is InChI=1S/C14H20N2/c1-10-8-14(2,3)16(4)13-6-5-11(9-15)7-12(10)13/h5-8H,9,15H2,1-4H3. The maximum Gasteiger partial charge on any atom is 0.0531 e. The molecule has 2 rings (SSSR count). The summed E-state index contributed by atoms with van der Waals surface area (Å²) in [4.78, 5) is 2.32. The van der Waals surface area contributed by atoms with Crippen LogP contribution in [0.4, 0.5) is 5.69 Å². The van der Waals surface area contributed by atoms with Gasteiger partial charge < -0.3 is 10.6 Å². The molecule has 0 bridgehead atoms. The molecular formula is C14H20N2. The lowest BCUT2D eigenvalue weighted by molar-refractivity contribution is 0.597. The zero-order valence-electron chi connectivity index (χ0n) is 10.5. The van der Waals surface area contributed by atoms with Crippen molar-refractivity contribution in [3.63, 3.8) is 0 Å². The number of allylic oxidation sites excluding steroid dienone is 1. The van der Waals surface area contributed by atoms with E-state index in [2.05, 4.69) is 57.0 Å². The van der Waals surface area contributed by atoms with Crippen molar-refractivity contribution in [1.29, 1.82) is 0 Å². The van der Waals surface area contributed by atoms with Crippen LogP contribution >= 0.6 is 0 Å². The van der Waals surface area contributed by atoms with Crippen molar-refractivity contribution in [2.45, 2.75) is 32.9 Å². The van der Waals surface area contributed by atoms with Gasteiger partial charge in [0.15, 0.2) is 0 Å². The third-order valence-electron chi connectivity index (χ3n) is 3.52. The largest absolute Gasteiger partial charge is 0.366 e. The second kappa shape index (κ2) is 3.63. The van der Waals surface area contributed by atoms with Crippen LogP contribution in [0.5, 0.6) is 0 Å². The van der Waals surface area contributed by atoms with Gasteiger partial charge in [0.1, 0.15) is 0 Å². The Morgan fingerprint density at radius 2 is 2.00 bits per heavy atom. The van der Waals surface area contributed by atoms with E-state index in [0.29, 0.717) is 6.54 Å². The second-order valence-corrected chi connectivity index (χ2v) is 5.10. The predicted molar refractivity (Wildman–Crippen MR) is 70.5 cm³/mol. The Balaban J connectivity index is 2.59. The van der Waals surface area contributed by atoms with Crippen LogP contribution in [0.3, 0.4) is 0 Å². The van der Waals surface area contributed by atoms with Crippen molar-refractivity contribution >= 4 is 11.3 Å². The minimum Gasteiger partial charge on any atom is -0.366 e. The molecule has 0 fully saturated rings. The summed E-state index contributed by atoms with van der Waals surface area (Å²) in [5.74, 6) is 0. The molecular weight excluding hydrogens is 196 g/mol. The molecule has 1 aliphatic rings. The van der Waals surface area contributed by atoms with E-state index in [-0.39, 0.29) is 5.54 Å². The molecule has 2 nitrogen and oxygen atoms in total. The summed E-state index contributed by atoms with van der Waals surface area (Å²) in [6.45, 7) is 7.24. The molecule has 86 valence electrons. The molecule has 1 heterocycles. The lowest BCUT2D eigenvalue weighted by atomic mass is 9.88. The molecule has 1 aromatic rings. The number of benzene rings is 1. The van der Waals surface area contributed by atoms with Gasteiger partial charge in [0.25, 0.3) is 0 Å². The summed E-state index contributed by atoms with van der Waals surface area (Å²) >= 11 is 0. The Bertz CT molecular complexity index is 444. The average molecular weight is 216 g/mol. The predicted octanol–water partition coefficient (Wildman–Crippen LogP) is 2.78. The van der Waals surface area contributed by atoms with Crippen LogP contribution in [-0.2, 0) is 6.54 Å². The molecule has 0 aromatic heterocycles. The number of rotatable bonds is 1. The molecule has 0 atom stereocenters. The topological polar surface area (TPSA) is 29.3 Å². The molecule has 2 heteroatoms. The summed E-state index contributed by atoms with van der Waals surface area (Å²) in [6.07, 6.45) is 2.32. The number of fused-ring (bicyclic) bond motifs is 1. The summed E-state index contributed by atoms with van der Waals surface area (Å²) in [6, 6.07) is 6.49. The van der Waals surface area contributed by atoms with Gasteiger partial charge in [-0.15, -0.1) is 0 Å². The molecule has 0 saturated carbocycles. The fraction of sp³-hybridized carbons (Fsp3) is 0.429. The summed E-state index contributed by atoms with van der Waals surface area (Å²) in [5.41, 5.74) is 10.9. The molecule has 0 spiro atoms. The molecule has 0 aliphatic carbocycles. The molecule has 0 unspecified atom stereocenters. The van der Waals surface area contributed by atoms with Gasteiger partial charge in [-0.05, 0) is 44.0 Å². The Labute approximate surface area is 97.8 Å². The molecule has 0 radical (unpaired) electrons. The van der Waals surface area contributed by atoms with Crippen LogP contribution < -0.4 is 10.6 Å². The van der Waals surface area contributed by atoms with Crippen molar-refractivity contribution in [3.05, 3.63) is 35.4 Å². The minimum absolute atomic E-state index is 0.0846. The van der Waals surface area contributed by atoms with Gasteiger partial charge in [-0.25, -0.2) is 0 Å².